The van der Waals surface area contributed by atoms with Gasteiger partial charge in [0.15, 0.2) is 4.34 Å². The zero-order valence-corrected chi connectivity index (χ0v) is 15.6. The Morgan fingerprint density at radius 1 is 1.40 bits per heavy atom. The molecule has 0 aliphatic carbocycles. The fourth-order valence-electron chi connectivity index (χ4n) is 2.66. The molecule has 1 aromatic carbocycles. The number of aryl methyl sites for hydroxylation is 2. The first kappa shape index (κ1) is 17.8. The van der Waals surface area contributed by atoms with Crippen molar-refractivity contribution >= 4 is 40.8 Å². The average Bonchev–Trinajstić information content (AvgIpc) is 3.19. The molecule has 0 radical (unpaired) electrons. The Balaban J connectivity index is 1.63. The number of nitrogens with one attached hydrogen (secondary N) is 1. The number of urea groups is 1. The lowest BCUT2D eigenvalue weighted by Gasteiger charge is -2.18. The molecule has 0 saturated carbocycles. The van der Waals surface area contributed by atoms with Crippen LogP contribution in [0.4, 0.5) is 10.5 Å². The van der Waals surface area contributed by atoms with Gasteiger partial charge in [-0.2, -0.15) is 0 Å². The fraction of sp³-hybridized carbons (Fsp3) is 0.353. The largest absolute Gasteiger partial charge is 0.481 e. The number of aromatic nitrogens is 1. The molecule has 2 amide bonds. The summed E-state index contributed by atoms with van der Waals surface area (Å²) in [6, 6.07) is 5.60. The molecular formula is C17H19N3O3S2. The van der Waals surface area contributed by atoms with Gasteiger partial charge >= 0.3 is 12.0 Å². The minimum atomic E-state index is -0.842. The van der Waals surface area contributed by atoms with E-state index in [1.165, 1.54) is 0 Å². The summed E-state index contributed by atoms with van der Waals surface area (Å²) >= 11 is 3.21. The van der Waals surface area contributed by atoms with Crippen LogP contribution in [0.1, 0.15) is 17.7 Å². The van der Waals surface area contributed by atoms with Gasteiger partial charge in [0.05, 0.1) is 5.92 Å². The number of hydrogen-bond acceptors (Lipinski definition) is 5. The molecule has 0 spiro atoms. The monoisotopic (exact) mass is 377 g/mol. The number of aliphatic carboxylic acids is 1. The fourth-order valence-corrected chi connectivity index (χ4v) is 4.57. The molecule has 1 aliphatic rings. The highest BCUT2D eigenvalue weighted by Gasteiger charge is 2.30. The second kappa shape index (κ2) is 7.45. The van der Waals surface area contributed by atoms with Gasteiger partial charge in [0, 0.05) is 34.7 Å². The van der Waals surface area contributed by atoms with Crippen LogP contribution in [0.2, 0.25) is 0 Å². The number of rotatable bonds is 4. The number of hydrogen-bond donors (Lipinski definition) is 2. The summed E-state index contributed by atoms with van der Waals surface area (Å²) in [4.78, 5) is 30.4. The Morgan fingerprint density at radius 3 is 2.80 bits per heavy atom. The van der Waals surface area contributed by atoms with Crippen molar-refractivity contribution in [3.8, 4) is 0 Å². The molecule has 25 heavy (non-hydrogen) atoms. The number of amides is 2. The summed E-state index contributed by atoms with van der Waals surface area (Å²) in [5.41, 5.74) is 2.71. The third kappa shape index (κ3) is 4.32. The Bertz CT molecular complexity index is 806. The van der Waals surface area contributed by atoms with Gasteiger partial charge in [0.2, 0.25) is 0 Å². The van der Waals surface area contributed by atoms with Gasteiger partial charge in [-0.3, -0.25) is 4.79 Å². The number of carbonyl (C=O) groups is 2. The van der Waals surface area contributed by atoms with Gasteiger partial charge in [-0.1, -0.05) is 11.8 Å². The van der Waals surface area contributed by atoms with Crippen LogP contribution in [0.15, 0.2) is 32.8 Å². The summed E-state index contributed by atoms with van der Waals surface area (Å²) in [5.74, 6) is -1.31. The zero-order chi connectivity index (χ0) is 18.0. The quantitative estimate of drug-likeness (QED) is 0.846. The maximum absolute atomic E-state index is 12.3. The van der Waals surface area contributed by atoms with E-state index in [2.05, 4.69) is 10.3 Å². The number of nitrogens with zero attached hydrogens (tertiary/aromatic N) is 2. The first-order valence-corrected chi connectivity index (χ1v) is 9.61. The van der Waals surface area contributed by atoms with Gasteiger partial charge in [-0.25, -0.2) is 9.78 Å². The molecule has 6 nitrogen and oxygen atoms in total. The van der Waals surface area contributed by atoms with Crippen molar-refractivity contribution < 1.29 is 14.7 Å². The molecule has 1 atom stereocenters. The van der Waals surface area contributed by atoms with E-state index >= 15 is 0 Å². The highest BCUT2D eigenvalue weighted by molar-refractivity contribution is 8.01. The van der Waals surface area contributed by atoms with E-state index in [4.69, 9.17) is 5.11 Å². The summed E-state index contributed by atoms with van der Waals surface area (Å²) in [6.07, 6.45) is 0.505. The normalized spacial score (nSPS) is 16.9. The lowest BCUT2D eigenvalue weighted by molar-refractivity contribution is -0.141. The maximum Gasteiger partial charge on any atom is 0.321 e. The SMILES string of the molecule is Cc1csc(Sc2ccc(NC(=O)N3CCC(C(=O)O)C3)c(C)c2)n1. The minimum absolute atomic E-state index is 0.247. The molecule has 2 N–H and O–H groups in total. The summed E-state index contributed by atoms with van der Waals surface area (Å²) in [7, 11) is 0. The first-order valence-electron chi connectivity index (χ1n) is 7.92. The Kier molecular flexibility index (Phi) is 5.29. The molecule has 1 aliphatic heterocycles. The second-order valence-electron chi connectivity index (χ2n) is 6.03. The molecular weight excluding hydrogens is 358 g/mol. The standard InChI is InChI=1S/C17H19N3O3S2/c1-10-7-13(25-17-18-11(2)9-24-17)3-4-14(10)19-16(23)20-6-5-12(8-20)15(21)22/h3-4,7,9,12H,5-6,8H2,1-2H3,(H,19,23)(H,21,22). The van der Waals surface area contributed by atoms with Crippen LogP contribution in [0.25, 0.3) is 0 Å². The molecule has 8 heteroatoms. The van der Waals surface area contributed by atoms with Crippen molar-refractivity contribution in [1.29, 1.82) is 0 Å². The number of thiazole rings is 1. The number of carbonyl (C=O) groups excluding carboxylic acids is 1. The topological polar surface area (TPSA) is 82.5 Å². The lowest BCUT2D eigenvalue weighted by atomic mass is 10.1. The minimum Gasteiger partial charge on any atom is -0.481 e. The Hall–Kier alpha value is -2.06. The number of likely N-dealkylation sites (tertiary alicyclic amines) is 1. The van der Waals surface area contributed by atoms with E-state index in [1.807, 2.05) is 37.4 Å². The molecule has 3 rings (SSSR count). The van der Waals surface area contributed by atoms with Crippen molar-refractivity contribution in [2.75, 3.05) is 18.4 Å². The number of benzene rings is 1. The molecule has 2 heterocycles. The highest BCUT2D eigenvalue weighted by atomic mass is 32.2. The van der Waals surface area contributed by atoms with E-state index in [-0.39, 0.29) is 12.6 Å². The van der Waals surface area contributed by atoms with E-state index in [1.54, 1.807) is 28.0 Å². The van der Waals surface area contributed by atoms with E-state index in [0.717, 1.165) is 26.2 Å². The Labute approximate surface area is 154 Å². The number of carboxylic acid groups (broad SMARTS) is 1. The molecule has 1 saturated heterocycles. The van der Waals surface area contributed by atoms with E-state index in [9.17, 15) is 9.59 Å². The van der Waals surface area contributed by atoms with Crippen molar-refractivity contribution in [2.24, 2.45) is 5.92 Å². The van der Waals surface area contributed by atoms with Crippen molar-refractivity contribution in [3.05, 3.63) is 34.8 Å². The first-order chi connectivity index (χ1) is 11.9. The second-order valence-corrected chi connectivity index (χ2v) is 8.21. The van der Waals surface area contributed by atoms with Gasteiger partial charge in [-0.05, 0) is 44.0 Å². The summed E-state index contributed by atoms with van der Waals surface area (Å²) < 4.78 is 0.991. The third-order valence-electron chi connectivity index (χ3n) is 4.07. The smallest absolute Gasteiger partial charge is 0.321 e. The van der Waals surface area contributed by atoms with Crippen LogP contribution >= 0.6 is 23.1 Å². The van der Waals surface area contributed by atoms with Crippen molar-refractivity contribution in [1.82, 2.24) is 9.88 Å². The summed E-state index contributed by atoms with van der Waals surface area (Å²) in [6.45, 7) is 4.64. The molecule has 1 aromatic heterocycles. The molecule has 1 fully saturated rings. The molecule has 0 bridgehead atoms. The third-order valence-corrected chi connectivity index (χ3v) is 6.11. The van der Waals surface area contributed by atoms with Crippen molar-refractivity contribution in [3.63, 3.8) is 0 Å². The summed E-state index contributed by atoms with van der Waals surface area (Å²) in [5, 5.41) is 13.9. The van der Waals surface area contributed by atoms with Gasteiger partial charge < -0.3 is 15.3 Å². The lowest BCUT2D eigenvalue weighted by Crippen LogP contribution is -2.34. The van der Waals surface area contributed by atoms with Gasteiger partial charge in [0.25, 0.3) is 0 Å². The average molecular weight is 377 g/mol. The van der Waals surface area contributed by atoms with E-state index < -0.39 is 11.9 Å². The molecule has 2 aromatic rings. The van der Waals surface area contributed by atoms with Crippen LogP contribution < -0.4 is 5.32 Å². The van der Waals surface area contributed by atoms with Crippen molar-refractivity contribution in [2.45, 2.75) is 29.5 Å². The van der Waals surface area contributed by atoms with Gasteiger partial charge in [0.1, 0.15) is 0 Å². The molecule has 1 unspecified atom stereocenters. The maximum atomic E-state index is 12.3. The van der Waals surface area contributed by atoms with Crippen LogP contribution in [-0.4, -0.2) is 40.1 Å². The zero-order valence-electron chi connectivity index (χ0n) is 14.0. The predicted molar refractivity (Wildman–Crippen MR) is 98.5 cm³/mol. The van der Waals surface area contributed by atoms with Crippen LogP contribution in [0.5, 0.6) is 0 Å². The van der Waals surface area contributed by atoms with E-state index in [0.29, 0.717) is 13.0 Å². The van der Waals surface area contributed by atoms with Crippen LogP contribution in [0, 0.1) is 19.8 Å². The van der Waals surface area contributed by atoms with Crippen LogP contribution in [-0.2, 0) is 4.79 Å². The molecule has 132 valence electrons. The predicted octanol–water partition coefficient (Wildman–Crippen LogP) is 3.85. The van der Waals surface area contributed by atoms with Gasteiger partial charge in [-0.15, -0.1) is 11.3 Å². The Morgan fingerprint density at radius 2 is 2.20 bits per heavy atom. The number of carboxylic acids is 1. The highest BCUT2D eigenvalue weighted by Crippen LogP contribution is 2.32. The number of anilines is 1. The van der Waals surface area contributed by atoms with Crippen LogP contribution in [0.3, 0.4) is 0 Å².